The molecule has 0 aromatic carbocycles. The van der Waals surface area contributed by atoms with Crippen molar-refractivity contribution in [2.45, 2.75) is 46.1 Å². The van der Waals surface area contributed by atoms with Crippen LogP contribution in [0.4, 0.5) is 0 Å². The number of hydrazine groups is 1. The van der Waals surface area contributed by atoms with Gasteiger partial charge < -0.3 is 4.90 Å². The molecular weight excluding hydrogens is 218 g/mol. The fraction of sp³-hybridized carbons (Fsp3) is 0.833. The molecular formula is C12H23N3O2. The molecule has 0 saturated carbocycles. The zero-order valence-electron chi connectivity index (χ0n) is 11.0. The summed E-state index contributed by atoms with van der Waals surface area (Å²) >= 11 is 0. The first-order chi connectivity index (χ1) is 8.08. The lowest BCUT2D eigenvalue weighted by molar-refractivity contribution is -0.135. The van der Waals surface area contributed by atoms with Gasteiger partial charge in [0.2, 0.25) is 5.91 Å². The van der Waals surface area contributed by atoms with Crippen LogP contribution in [0.3, 0.4) is 0 Å². The molecule has 2 atom stereocenters. The molecule has 0 bridgehead atoms. The van der Waals surface area contributed by atoms with Crippen LogP contribution >= 0.6 is 0 Å². The fourth-order valence-corrected chi connectivity index (χ4v) is 1.86. The topological polar surface area (TPSA) is 61.4 Å². The lowest BCUT2D eigenvalue weighted by atomic mass is 10.1. The Morgan fingerprint density at radius 2 is 2.24 bits per heavy atom. The number of carbonyl (C=O) groups is 2. The molecule has 1 aliphatic rings. The van der Waals surface area contributed by atoms with Gasteiger partial charge in [0, 0.05) is 18.5 Å². The van der Waals surface area contributed by atoms with Gasteiger partial charge in [-0.3, -0.25) is 15.0 Å². The Morgan fingerprint density at radius 3 is 2.76 bits per heavy atom. The van der Waals surface area contributed by atoms with Gasteiger partial charge in [-0.2, -0.15) is 0 Å². The lowest BCUT2D eigenvalue weighted by Crippen LogP contribution is -2.47. The van der Waals surface area contributed by atoms with Gasteiger partial charge in [0.05, 0.1) is 0 Å². The average Bonchev–Trinajstić information content (AvgIpc) is 2.67. The second-order valence-electron chi connectivity index (χ2n) is 4.66. The molecule has 2 N–H and O–H groups in total. The summed E-state index contributed by atoms with van der Waals surface area (Å²) in [6.45, 7) is 6.91. The Kier molecular flexibility index (Phi) is 5.41. The molecule has 1 saturated heterocycles. The first-order valence-corrected chi connectivity index (χ1v) is 6.41. The van der Waals surface area contributed by atoms with Crippen molar-refractivity contribution in [2.75, 3.05) is 13.1 Å². The Labute approximate surface area is 103 Å². The van der Waals surface area contributed by atoms with E-state index in [2.05, 4.69) is 10.9 Å². The minimum atomic E-state index is -0.143. The van der Waals surface area contributed by atoms with E-state index in [0.717, 1.165) is 19.3 Å². The van der Waals surface area contributed by atoms with Crippen molar-refractivity contribution in [3.63, 3.8) is 0 Å². The lowest BCUT2D eigenvalue weighted by Gasteiger charge is -2.18. The molecule has 0 spiro atoms. The maximum absolute atomic E-state index is 11.8. The second-order valence-corrected chi connectivity index (χ2v) is 4.66. The summed E-state index contributed by atoms with van der Waals surface area (Å²) in [6.07, 6.45) is 2.68. The number of hydrogen-bond donors (Lipinski definition) is 2. The normalized spacial score (nSPS) is 21.7. The highest BCUT2D eigenvalue weighted by Crippen LogP contribution is 2.20. The van der Waals surface area contributed by atoms with Gasteiger partial charge in [0.25, 0.3) is 5.91 Å². The number of nitrogens with zero attached hydrogens (tertiary/aromatic N) is 1. The van der Waals surface area contributed by atoms with Gasteiger partial charge in [0.1, 0.15) is 6.54 Å². The molecule has 17 heavy (non-hydrogen) atoms. The number of rotatable bonds is 6. The van der Waals surface area contributed by atoms with Crippen LogP contribution < -0.4 is 10.9 Å². The average molecular weight is 241 g/mol. The third kappa shape index (κ3) is 4.00. The van der Waals surface area contributed by atoms with Crippen LogP contribution in [0, 0.1) is 5.92 Å². The molecule has 0 aromatic heterocycles. The number of nitrogens with one attached hydrogen (secondary N) is 2. The number of amides is 2. The summed E-state index contributed by atoms with van der Waals surface area (Å²) in [5.41, 5.74) is 5.54. The summed E-state index contributed by atoms with van der Waals surface area (Å²) in [7, 11) is 0. The molecule has 2 unspecified atom stereocenters. The zero-order chi connectivity index (χ0) is 12.8. The third-order valence-electron chi connectivity index (χ3n) is 3.31. The number of likely N-dealkylation sites (tertiary alicyclic amines) is 1. The molecule has 1 heterocycles. The molecule has 1 aliphatic heterocycles. The molecule has 5 heteroatoms. The minimum absolute atomic E-state index is 0.116. The third-order valence-corrected chi connectivity index (χ3v) is 3.31. The molecule has 1 rings (SSSR count). The molecule has 0 aromatic rings. The molecule has 0 aliphatic carbocycles. The summed E-state index contributed by atoms with van der Waals surface area (Å²) in [5, 5.41) is 0. The largest absolute Gasteiger partial charge is 0.333 e. The smallest absolute Gasteiger partial charge is 0.253 e. The highest BCUT2D eigenvalue weighted by atomic mass is 16.2. The van der Waals surface area contributed by atoms with E-state index in [1.54, 1.807) is 4.90 Å². The predicted molar refractivity (Wildman–Crippen MR) is 66.0 cm³/mol. The van der Waals surface area contributed by atoms with Gasteiger partial charge in [-0.25, -0.2) is 5.43 Å². The molecule has 98 valence electrons. The number of hydrogen-bond acceptors (Lipinski definition) is 3. The Balaban J connectivity index is 2.30. The number of carbonyl (C=O) groups excluding carboxylic acids is 2. The van der Waals surface area contributed by atoms with Gasteiger partial charge in [-0.1, -0.05) is 13.8 Å². The SMILES string of the molecule is CCC(C)NNC(=O)CN1CCC(CC)C1=O. The Morgan fingerprint density at radius 1 is 1.53 bits per heavy atom. The van der Waals surface area contributed by atoms with E-state index < -0.39 is 0 Å². The van der Waals surface area contributed by atoms with Gasteiger partial charge in [-0.05, 0) is 26.2 Å². The predicted octanol–water partition coefficient (Wildman–Crippen LogP) is 0.664. The van der Waals surface area contributed by atoms with Crippen LogP contribution in [0.1, 0.15) is 40.0 Å². The van der Waals surface area contributed by atoms with Crippen molar-refractivity contribution in [2.24, 2.45) is 5.92 Å². The van der Waals surface area contributed by atoms with Crippen molar-refractivity contribution >= 4 is 11.8 Å². The standard InChI is InChI=1S/C12H23N3O2/c1-4-9(3)13-14-11(16)8-15-7-6-10(5-2)12(15)17/h9-10,13H,4-8H2,1-3H3,(H,14,16). The monoisotopic (exact) mass is 241 g/mol. The van der Waals surface area contributed by atoms with Crippen LogP contribution in [-0.2, 0) is 9.59 Å². The van der Waals surface area contributed by atoms with Crippen LogP contribution in [0.15, 0.2) is 0 Å². The molecule has 2 amide bonds. The van der Waals surface area contributed by atoms with E-state index in [9.17, 15) is 9.59 Å². The highest BCUT2D eigenvalue weighted by molar-refractivity contribution is 5.86. The van der Waals surface area contributed by atoms with Crippen molar-refractivity contribution < 1.29 is 9.59 Å². The summed E-state index contributed by atoms with van der Waals surface area (Å²) < 4.78 is 0. The van der Waals surface area contributed by atoms with Gasteiger partial charge in [-0.15, -0.1) is 0 Å². The maximum Gasteiger partial charge on any atom is 0.253 e. The van der Waals surface area contributed by atoms with E-state index in [4.69, 9.17) is 0 Å². The highest BCUT2D eigenvalue weighted by Gasteiger charge is 2.30. The van der Waals surface area contributed by atoms with E-state index in [-0.39, 0.29) is 30.3 Å². The Hall–Kier alpha value is -1.10. The zero-order valence-corrected chi connectivity index (χ0v) is 11.0. The first kappa shape index (κ1) is 14.0. The summed E-state index contributed by atoms with van der Waals surface area (Å²) in [5.74, 6) is 0.0897. The minimum Gasteiger partial charge on any atom is -0.333 e. The van der Waals surface area contributed by atoms with Crippen LogP contribution in [-0.4, -0.2) is 35.8 Å². The quantitative estimate of drug-likeness (QED) is 0.672. The van der Waals surface area contributed by atoms with E-state index in [0.29, 0.717) is 6.54 Å². The van der Waals surface area contributed by atoms with Gasteiger partial charge >= 0.3 is 0 Å². The van der Waals surface area contributed by atoms with Crippen LogP contribution in [0.5, 0.6) is 0 Å². The van der Waals surface area contributed by atoms with Gasteiger partial charge in [0.15, 0.2) is 0 Å². The molecule has 1 fully saturated rings. The van der Waals surface area contributed by atoms with Crippen LogP contribution in [0.25, 0.3) is 0 Å². The van der Waals surface area contributed by atoms with E-state index in [1.807, 2.05) is 20.8 Å². The molecule has 5 nitrogen and oxygen atoms in total. The summed E-state index contributed by atoms with van der Waals surface area (Å²) in [6, 6.07) is 0.247. The van der Waals surface area contributed by atoms with E-state index >= 15 is 0 Å². The maximum atomic E-state index is 11.8. The fourth-order valence-electron chi connectivity index (χ4n) is 1.86. The van der Waals surface area contributed by atoms with Crippen molar-refractivity contribution in [1.29, 1.82) is 0 Å². The van der Waals surface area contributed by atoms with E-state index in [1.165, 1.54) is 0 Å². The second kappa shape index (κ2) is 6.59. The summed E-state index contributed by atoms with van der Waals surface area (Å²) in [4.78, 5) is 25.0. The molecule has 0 radical (unpaired) electrons. The first-order valence-electron chi connectivity index (χ1n) is 6.41. The Bertz CT molecular complexity index is 281. The van der Waals surface area contributed by atoms with Crippen LogP contribution in [0.2, 0.25) is 0 Å². The van der Waals surface area contributed by atoms with Crippen molar-refractivity contribution in [1.82, 2.24) is 15.8 Å². The van der Waals surface area contributed by atoms with Crippen molar-refractivity contribution in [3.8, 4) is 0 Å². The van der Waals surface area contributed by atoms with Crippen molar-refractivity contribution in [3.05, 3.63) is 0 Å².